The van der Waals surface area contributed by atoms with Gasteiger partial charge in [0.05, 0.1) is 6.26 Å². The number of methoxy groups -OCH3 is 1. The molecule has 1 aromatic rings. The van der Waals surface area contributed by atoms with Gasteiger partial charge in [-0.15, -0.1) is 0 Å². The van der Waals surface area contributed by atoms with Gasteiger partial charge in [-0.2, -0.15) is 0 Å². The Bertz CT molecular complexity index is 246. The summed E-state index contributed by atoms with van der Waals surface area (Å²) in [5.41, 5.74) is 0. The van der Waals surface area contributed by atoms with E-state index in [0.29, 0.717) is 6.04 Å². The highest BCUT2D eigenvalue weighted by atomic mass is 16.5. The lowest BCUT2D eigenvalue weighted by Crippen LogP contribution is -2.29. The Kier molecular flexibility index (Phi) is 6.93. The third-order valence-corrected chi connectivity index (χ3v) is 2.71. The molecule has 92 valence electrons. The third kappa shape index (κ3) is 5.33. The molecule has 0 bridgehead atoms. The van der Waals surface area contributed by atoms with Crippen LogP contribution in [0.4, 0.5) is 0 Å². The molecule has 3 heteroatoms. The fourth-order valence-electron chi connectivity index (χ4n) is 1.88. The van der Waals surface area contributed by atoms with Crippen LogP contribution in [0.25, 0.3) is 0 Å². The van der Waals surface area contributed by atoms with E-state index in [1.807, 2.05) is 12.1 Å². The Morgan fingerprint density at radius 1 is 1.44 bits per heavy atom. The number of rotatable bonds is 9. The average Bonchev–Trinajstić information content (AvgIpc) is 2.79. The van der Waals surface area contributed by atoms with Crippen molar-refractivity contribution in [3.63, 3.8) is 0 Å². The first-order valence-electron chi connectivity index (χ1n) is 6.11. The fraction of sp³-hybridized carbons (Fsp3) is 0.692. The quantitative estimate of drug-likeness (QED) is 0.656. The summed E-state index contributed by atoms with van der Waals surface area (Å²) in [5.74, 6) is 1.08. The number of hydrogen-bond donors (Lipinski definition) is 1. The van der Waals surface area contributed by atoms with Crippen LogP contribution in [0.5, 0.6) is 0 Å². The second-order valence-corrected chi connectivity index (χ2v) is 4.01. The van der Waals surface area contributed by atoms with Crippen LogP contribution < -0.4 is 5.32 Å². The van der Waals surface area contributed by atoms with Crippen LogP contribution in [-0.2, 0) is 11.2 Å². The van der Waals surface area contributed by atoms with E-state index in [1.165, 1.54) is 6.42 Å². The zero-order chi connectivity index (χ0) is 11.6. The lowest BCUT2D eigenvalue weighted by atomic mass is 10.1. The van der Waals surface area contributed by atoms with Crippen LogP contribution in [-0.4, -0.2) is 26.3 Å². The van der Waals surface area contributed by atoms with Gasteiger partial charge < -0.3 is 14.5 Å². The molecule has 1 atom stereocenters. The topological polar surface area (TPSA) is 34.4 Å². The van der Waals surface area contributed by atoms with Gasteiger partial charge in [0.25, 0.3) is 0 Å². The van der Waals surface area contributed by atoms with E-state index in [0.717, 1.165) is 38.2 Å². The van der Waals surface area contributed by atoms with E-state index in [9.17, 15) is 0 Å². The highest BCUT2D eigenvalue weighted by Crippen LogP contribution is 2.09. The maximum Gasteiger partial charge on any atom is 0.103 e. The molecule has 1 aromatic heterocycles. The standard InChI is InChI=1S/C13H23NO2/c1-3-14-12(6-4-10-15-2)8-9-13-7-5-11-16-13/h5,7,11-12,14H,3-4,6,8-10H2,1-2H3. The fourth-order valence-corrected chi connectivity index (χ4v) is 1.88. The van der Waals surface area contributed by atoms with Crippen molar-refractivity contribution in [2.45, 2.75) is 38.6 Å². The third-order valence-electron chi connectivity index (χ3n) is 2.71. The number of ether oxygens (including phenoxy) is 1. The highest BCUT2D eigenvalue weighted by Gasteiger charge is 2.08. The van der Waals surface area contributed by atoms with Crippen LogP contribution in [0.3, 0.4) is 0 Å². The molecule has 1 unspecified atom stereocenters. The molecular weight excluding hydrogens is 202 g/mol. The Labute approximate surface area is 98.2 Å². The molecule has 0 saturated carbocycles. The van der Waals surface area contributed by atoms with Gasteiger partial charge in [-0.05, 0) is 37.9 Å². The first-order valence-corrected chi connectivity index (χ1v) is 6.11. The predicted molar refractivity (Wildman–Crippen MR) is 65.6 cm³/mol. The molecule has 0 aliphatic rings. The van der Waals surface area contributed by atoms with Crippen LogP contribution in [0, 0.1) is 0 Å². The zero-order valence-electron chi connectivity index (χ0n) is 10.4. The van der Waals surface area contributed by atoms with Gasteiger partial charge in [0.2, 0.25) is 0 Å². The monoisotopic (exact) mass is 225 g/mol. The van der Waals surface area contributed by atoms with Crippen molar-refractivity contribution >= 4 is 0 Å². The Morgan fingerprint density at radius 3 is 2.94 bits per heavy atom. The summed E-state index contributed by atoms with van der Waals surface area (Å²) < 4.78 is 10.4. The Balaban J connectivity index is 2.21. The number of nitrogens with one attached hydrogen (secondary N) is 1. The highest BCUT2D eigenvalue weighted by molar-refractivity contribution is 4.98. The van der Waals surface area contributed by atoms with Gasteiger partial charge in [0, 0.05) is 26.2 Å². The average molecular weight is 225 g/mol. The molecule has 1 N–H and O–H groups in total. The SMILES string of the molecule is CCNC(CCCOC)CCc1ccco1. The van der Waals surface area contributed by atoms with E-state index in [1.54, 1.807) is 13.4 Å². The van der Waals surface area contributed by atoms with Crippen LogP contribution in [0.1, 0.15) is 31.9 Å². The summed E-state index contributed by atoms with van der Waals surface area (Å²) in [7, 11) is 1.76. The molecular formula is C13H23NO2. The lowest BCUT2D eigenvalue weighted by Gasteiger charge is -2.16. The van der Waals surface area contributed by atoms with Crippen molar-refractivity contribution in [1.82, 2.24) is 5.32 Å². The molecule has 0 aliphatic carbocycles. The van der Waals surface area contributed by atoms with Crippen molar-refractivity contribution in [3.05, 3.63) is 24.2 Å². The van der Waals surface area contributed by atoms with E-state index >= 15 is 0 Å². The molecule has 0 fully saturated rings. The largest absolute Gasteiger partial charge is 0.469 e. The van der Waals surface area contributed by atoms with Gasteiger partial charge in [0.1, 0.15) is 5.76 Å². The van der Waals surface area contributed by atoms with Crippen LogP contribution >= 0.6 is 0 Å². The number of aryl methyl sites for hydroxylation is 1. The minimum atomic E-state index is 0.574. The van der Waals surface area contributed by atoms with E-state index in [2.05, 4.69) is 12.2 Å². The second-order valence-electron chi connectivity index (χ2n) is 4.01. The minimum absolute atomic E-state index is 0.574. The molecule has 0 aromatic carbocycles. The molecule has 0 saturated heterocycles. The van der Waals surface area contributed by atoms with Crippen molar-refractivity contribution in [2.24, 2.45) is 0 Å². The van der Waals surface area contributed by atoms with Crippen molar-refractivity contribution in [2.75, 3.05) is 20.3 Å². The summed E-state index contributed by atoms with van der Waals surface area (Å²) >= 11 is 0. The second kappa shape index (κ2) is 8.36. The molecule has 16 heavy (non-hydrogen) atoms. The van der Waals surface area contributed by atoms with Crippen LogP contribution in [0.15, 0.2) is 22.8 Å². The first kappa shape index (κ1) is 13.3. The first-order chi connectivity index (χ1) is 7.86. The molecule has 0 aliphatic heterocycles. The maximum absolute atomic E-state index is 5.34. The molecule has 1 heterocycles. The summed E-state index contributed by atoms with van der Waals surface area (Å²) in [6.07, 6.45) is 6.17. The predicted octanol–water partition coefficient (Wildman–Crippen LogP) is 2.62. The van der Waals surface area contributed by atoms with Crippen LogP contribution in [0.2, 0.25) is 0 Å². The van der Waals surface area contributed by atoms with Crippen molar-refractivity contribution in [3.8, 4) is 0 Å². The maximum atomic E-state index is 5.34. The van der Waals surface area contributed by atoms with Gasteiger partial charge >= 0.3 is 0 Å². The van der Waals surface area contributed by atoms with Gasteiger partial charge in [0.15, 0.2) is 0 Å². The summed E-state index contributed by atoms with van der Waals surface area (Å²) in [5, 5.41) is 3.51. The lowest BCUT2D eigenvalue weighted by molar-refractivity contribution is 0.188. The zero-order valence-corrected chi connectivity index (χ0v) is 10.4. The van der Waals surface area contributed by atoms with E-state index < -0.39 is 0 Å². The molecule has 3 nitrogen and oxygen atoms in total. The Morgan fingerprint density at radius 2 is 2.31 bits per heavy atom. The number of hydrogen-bond acceptors (Lipinski definition) is 3. The van der Waals surface area contributed by atoms with Gasteiger partial charge in [-0.1, -0.05) is 6.92 Å². The van der Waals surface area contributed by atoms with E-state index in [4.69, 9.17) is 9.15 Å². The van der Waals surface area contributed by atoms with Gasteiger partial charge in [-0.25, -0.2) is 0 Å². The van der Waals surface area contributed by atoms with E-state index in [-0.39, 0.29) is 0 Å². The summed E-state index contributed by atoms with van der Waals surface area (Å²) in [6.45, 7) is 4.02. The summed E-state index contributed by atoms with van der Waals surface area (Å²) in [4.78, 5) is 0. The molecule has 0 radical (unpaired) electrons. The normalized spacial score (nSPS) is 12.9. The minimum Gasteiger partial charge on any atom is -0.469 e. The Hall–Kier alpha value is -0.800. The van der Waals surface area contributed by atoms with Gasteiger partial charge in [-0.3, -0.25) is 0 Å². The number of furan rings is 1. The summed E-state index contributed by atoms with van der Waals surface area (Å²) in [6, 6.07) is 4.56. The molecule has 1 rings (SSSR count). The van der Waals surface area contributed by atoms with Crippen molar-refractivity contribution < 1.29 is 9.15 Å². The smallest absolute Gasteiger partial charge is 0.103 e. The molecule has 0 amide bonds. The van der Waals surface area contributed by atoms with Crippen molar-refractivity contribution in [1.29, 1.82) is 0 Å². The molecule has 0 spiro atoms.